The van der Waals surface area contributed by atoms with E-state index in [-0.39, 0.29) is 0 Å². The molecule has 4 heteroatoms. The largest absolute Gasteiger partial charge is 0.486 e. The molecule has 19 heavy (non-hydrogen) atoms. The van der Waals surface area contributed by atoms with Crippen LogP contribution < -0.4 is 10.1 Å². The van der Waals surface area contributed by atoms with Crippen molar-refractivity contribution in [1.29, 1.82) is 0 Å². The number of nitrogens with one attached hydrogen (secondary N) is 1. The Balaban J connectivity index is 1.62. The van der Waals surface area contributed by atoms with Crippen LogP contribution in [0.3, 0.4) is 0 Å². The molecule has 0 atom stereocenters. The molecule has 0 spiro atoms. The van der Waals surface area contributed by atoms with Crippen LogP contribution in [-0.2, 0) is 20.2 Å². The summed E-state index contributed by atoms with van der Waals surface area (Å²) < 4.78 is 7.51. The summed E-state index contributed by atoms with van der Waals surface area (Å²) in [6.45, 7) is 1.52. The molecule has 0 unspecified atom stereocenters. The van der Waals surface area contributed by atoms with E-state index in [1.165, 1.54) is 24.0 Å². The normalized spacial score (nSPS) is 14.6. The van der Waals surface area contributed by atoms with Crippen LogP contribution in [0.1, 0.15) is 24.0 Å². The van der Waals surface area contributed by atoms with Gasteiger partial charge in [0.05, 0.1) is 12.4 Å². The number of rotatable bonds is 6. The first-order chi connectivity index (χ1) is 9.31. The molecule has 1 aliphatic rings. The van der Waals surface area contributed by atoms with Crippen LogP contribution in [-0.4, -0.2) is 15.8 Å². The molecule has 1 aliphatic carbocycles. The zero-order valence-corrected chi connectivity index (χ0v) is 11.2. The lowest BCUT2D eigenvalue weighted by atomic mass is 10.1. The van der Waals surface area contributed by atoms with Crippen molar-refractivity contribution in [3.63, 3.8) is 0 Å². The summed E-state index contributed by atoms with van der Waals surface area (Å²) in [6, 6.07) is 9.16. The van der Waals surface area contributed by atoms with Crippen LogP contribution in [0.4, 0.5) is 0 Å². The molecule has 0 saturated heterocycles. The van der Waals surface area contributed by atoms with Gasteiger partial charge in [0.15, 0.2) is 5.75 Å². The third-order valence-electron chi connectivity index (χ3n) is 3.35. The van der Waals surface area contributed by atoms with Crippen molar-refractivity contribution in [2.75, 3.05) is 0 Å². The minimum absolute atomic E-state index is 0.591. The second kappa shape index (κ2) is 5.45. The molecule has 4 nitrogen and oxygen atoms in total. The maximum Gasteiger partial charge on any atom is 0.157 e. The van der Waals surface area contributed by atoms with E-state index in [1.54, 1.807) is 10.9 Å². The van der Waals surface area contributed by atoms with E-state index >= 15 is 0 Å². The SMILES string of the molecule is Cn1cc(OCc2ccccc2CNC2CC2)cn1. The van der Waals surface area contributed by atoms with E-state index in [2.05, 4.69) is 34.7 Å². The van der Waals surface area contributed by atoms with Gasteiger partial charge in [-0.25, -0.2) is 0 Å². The van der Waals surface area contributed by atoms with Gasteiger partial charge < -0.3 is 10.1 Å². The maximum absolute atomic E-state index is 5.76. The van der Waals surface area contributed by atoms with Crippen molar-refractivity contribution in [1.82, 2.24) is 15.1 Å². The number of aryl methyl sites for hydroxylation is 1. The van der Waals surface area contributed by atoms with E-state index in [0.29, 0.717) is 6.61 Å². The Morgan fingerprint density at radius 3 is 2.79 bits per heavy atom. The summed E-state index contributed by atoms with van der Waals surface area (Å²) in [5.74, 6) is 0.812. The Morgan fingerprint density at radius 2 is 2.11 bits per heavy atom. The minimum Gasteiger partial charge on any atom is -0.486 e. The summed E-state index contributed by atoms with van der Waals surface area (Å²) in [5.41, 5.74) is 2.55. The lowest BCUT2D eigenvalue weighted by molar-refractivity contribution is 0.304. The quantitative estimate of drug-likeness (QED) is 0.862. The summed E-state index contributed by atoms with van der Waals surface area (Å²) in [7, 11) is 1.89. The molecule has 0 radical (unpaired) electrons. The van der Waals surface area contributed by atoms with E-state index < -0.39 is 0 Å². The van der Waals surface area contributed by atoms with Crippen molar-refractivity contribution >= 4 is 0 Å². The minimum atomic E-state index is 0.591. The highest BCUT2D eigenvalue weighted by atomic mass is 16.5. The van der Waals surface area contributed by atoms with Gasteiger partial charge in [0.2, 0.25) is 0 Å². The Hall–Kier alpha value is -1.81. The molecular formula is C15H19N3O. The Bertz CT molecular complexity index is 546. The summed E-state index contributed by atoms with van der Waals surface area (Å²) in [4.78, 5) is 0. The lowest BCUT2D eigenvalue weighted by Crippen LogP contribution is -2.16. The molecule has 2 aromatic rings. The van der Waals surface area contributed by atoms with E-state index in [4.69, 9.17) is 4.74 Å². The predicted molar refractivity (Wildman–Crippen MR) is 73.8 cm³/mol. The molecule has 1 heterocycles. The van der Waals surface area contributed by atoms with Crippen molar-refractivity contribution < 1.29 is 4.74 Å². The van der Waals surface area contributed by atoms with Crippen molar-refractivity contribution in [3.8, 4) is 5.75 Å². The topological polar surface area (TPSA) is 39.1 Å². The first-order valence-electron chi connectivity index (χ1n) is 6.73. The molecule has 100 valence electrons. The summed E-state index contributed by atoms with van der Waals surface area (Å²) in [6.07, 6.45) is 6.25. The van der Waals surface area contributed by atoms with Gasteiger partial charge in [-0.2, -0.15) is 5.10 Å². The van der Waals surface area contributed by atoms with Crippen LogP contribution in [0.5, 0.6) is 5.75 Å². The van der Waals surface area contributed by atoms with Gasteiger partial charge in [-0.05, 0) is 24.0 Å². The van der Waals surface area contributed by atoms with Crippen LogP contribution in [0.2, 0.25) is 0 Å². The zero-order chi connectivity index (χ0) is 13.1. The monoisotopic (exact) mass is 257 g/mol. The Labute approximate surface area is 113 Å². The van der Waals surface area contributed by atoms with E-state index in [1.807, 2.05) is 13.2 Å². The molecule has 1 aromatic heterocycles. The fraction of sp³-hybridized carbons (Fsp3) is 0.400. The molecule has 1 fully saturated rings. The lowest BCUT2D eigenvalue weighted by Gasteiger charge is -2.10. The molecule has 3 rings (SSSR count). The fourth-order valence-electron chi connectivity index (χ4n) is 2.05. The Morgan fingerprint density at radius 1 is 1.32 bits per heavy atom. The van der Waals surface area contributed by atoms with Gasteiger partial charge in [-0.3, -0.25) is 4.68 Å². The molecular weight excluding hydrogens is 238 g/mol. The first kappa shape index (κ1) is 12.2. The molecule has 1 saturated carbocycles. The number of ether oxygens (including phenoxy) is 1. The van der Waals surface area contributed by atoms with Gasteiger partial charge in [-0.1, -0.05) is 24.3 Å². The second-order valence-electron chi connectivity index (χ2n) is 5.06. The van der Waals surface area contributed by atoms with Crippen molar-refractivity contribution in [3.05, 3.63) is 47.8 Å². The van der Waals surface area contributed by atoms with Crippen LogP contribution in [0, 0.1) is 0 Å². The van der Waals surface area contributed by atoms with Gasteiger partial charge in [0.1, 0.15) is 6.61 Å². The smallest absolute Gasteiger partial charge is 0.157 e. The fourth-order valence-corrected chi connectivity index (χ4v) is 2.05. The molecule has 0 bridgehead atoms. The third-order valence-corrected chi connectivity index (χ3v) is 3.35. The molecule has 1 aromatic carbocycles. The standard InChI is InChI=1S/C15H19N3O/c1-18-10-15(9-17-18)19-11-13-5-3-2-4-12(13)8-16-14-6-7-14/h2-5,9-10,14,16H,6-8,11H2,1H3. The van der Waals surface area contributed by atoms with Gasteiger partial charge in [-0.15, -0.1) is 0 Å². The average molecular weight is 257 g/mol. The van der Waals surface area contributed by atoms with E-state index in [0.717, 1.165) is 18.3 Å². The molecule has 1 N–H and O–H groups in total. The summed E-state index contributed by atoms with van der Waals surface area (Å²) in [5, 5.41) is 7.64. The number of hydrogen-bond acceptors (Lipinski definition) is 3. The highest BCUT2D eigenvalue weighted by Crippen LogP contribution is 2.20. The summed E-state index contributed by atoms with van der Waals surface area (Å²) >= 11 is 0. The predicted octanol–water partition coefficient (Wildman–Crippen LogP) is 2.25. The van der Waals surface area contributed by atoms with Gasteiger partial charge in [0, 0.05) is 19.6 Å². The van der Waals surface area contributed by atoms with Crippen LogP contribution in [0.15, 0.2) is 36.7 Å². The second-order valence-corrected chi connectivity index (χ2v) is 5.06. The molecule has 0 amide bonds. The number of hydrogen-bond donors (Lipinski definition) is 1. The van der Waals surface area contributed by atoms with Crippen molar-refractivity contribution in [2.45, 2.75) is 32.0 Å². The van der Waals surface area contributed by atoms with Gasteiger partial charge >= 0.3 is 0 Å². The van der Waals surface area contributed by atoms with Crippen molar-refractivity contribution in [2.24, 2.45) is 7.05 Å². The van der Waals surface area contributed by atoms with Crippen LogP contribution >= 0.6 is 0 Å². The highest BCUT2D eigenvalue weighted by Gasteiger charge is 2.20. The Kier molecular flexibility index (Phi) is 3.51. The van der Waals surface area contributed by atoms with E-state index in [9.17, 15) is 0 Å². The zero-order valence-electron chi connectivity index (χ0n) is 11.2. The first-order valence-corrected chi connectivity index (χ1v) is 6.73. The number of aromatic nitrogens is 2. The van der Waals surface area contributed by atoms with Crippen LogP contribution in [0.25, 0.3) is 0 Å². The third kappa shape index (κ3) is 3.35. The number of benzene rings is 1. The highest BCUT2D eigenvalue weighted by molar-refractivity contribution is 5.27. The maximum atomic E-state index is 5.76. The van der Waals surface area contributed by atoms with Gasteiger partial charge in [0.25, 0.3) is 0 Å². The number of nitrogens with zero attached hydrogens (tertiary/aromatic N) is 2. The molecule has 0 aliphatic heterocycles. The average Bonchev–Trinajstić information content (AvgIpc) is 3.17.